The van der Waals surface area contributed by atoms with Crippen LogP contribution in [0.1, 0.15) is 0 Å². The second-order valence-electron chi connectivity index (χ2n) is 12.5. The van der Waals surface area contributed by atoms with E-state index >= 15 is 0 Å². The molecule has 0 atom stereocenters. The molecule has 0 aliphatic heterocycles. The van der Waals surface area contributed by atoms with E-state index in [4.69, 9.17) is 15.0 Å². The Labute approximate surface area is 286 Å². The number of hydrogen-bond acceptors (Lipinski definition) is 4. The van der Waals surface area contributed by atoms with Crippen LogP contribution in [0.4, 0.5) is 0 Å². The van der Waals surface area contributed by atoms with E-state index < -0.39 is 0 Å². The van der Waals surface area contributed by atoms with Gasteiger partial charge in [0.05, 0.1) is 0 Å². The maximum absolute atomic E-state index is 5.18. The van der Waals surface area contributed by atoms with Crippen LogP contribution in [0.5, 0.6) is 0 Å². The van der Waals surface area contributed by atoms with Crippen LogP contribution in [-0.2, 0) is 0 Å². The smallest absolute Gasteiger partial charge is 0.164 e. The average molecular weight is 642 g/mol. The minimum atomic E-state index is 0.653. The summed E-state index contributed by atoms with van der Waals surface area (Å²) in [4.78, 5) is 15.3. The van der Waals surface area contributed by atoms with Crippen LogP contribution in [-0.4, -0.2) is 15.0 Å². The highest BCUT2D eigenvalue weighted by Gasteiger charge is 2.18. The van der Waals surface area contributed by atoms with E-state index in [1.807, 2.05) is 29.5 Å². The summed E-state index contributed by atoms with van der Waals surface area (Å²) in [6.45, 7) is 0. The van der Waals surface area contributed by atoms with Crippen molar-refractivity contribution in [2.45, 2.75) is 0 Å². The zero-order valence-corrected chi connectivity index (χ0v) is 27.2. The van der Waals surface area contributed by atoms with Gasteiger partial charge in [-0.15, -0.1) is 11.3 Å². The van der Waals surface area contributed by atoms with Crippen molar-refractivity contribution in [1.82, 2.24) is 15.0 Å². The van der Waals surface area contributed by atoms with Crippen molar-refractivity contribution in [2.24, 2.45) is 0 Å². The highest BCUT2D eigenvalue weighted by atomic mass is 32.1. The molecule has 0 fully saturated rings. The van der Waals surface area contributed by atoms with Gasteiger partial charge in [0.2, 0.25) is 0 Å². The van der Waals surface area contributed by atoms with Crippen LogP contribution in [0.25, 0.3) is 97.8 Å². The molecule has 0 unspecified atom stereocenters. The topological polar surface area (TPSA) is 38.7 Å². The highest BCUT2D eigenvalue weighted by Crippen LogP contribution is 2.43. The SMILES string of the molecule is c1ccc(-c2nc(-c3ccc(-c4ccc5ccccc5c4)cc3)nc(-c3cc4sc5cc6ccccc6cc5c4c4ccccc34)n2)cc1. The number of rotatable bonds is 4. The van der Waals surface area contributed by atoms with Crippen molar-refractivity contribution in [2.75, 3.05) is 0 Å². The number of thiophene rings is 1. The first-order chi connectivity index (χ1) is 24.2. The van der Waals surface area contributed by atoms with Gasteiger partial charge in [-0.3, -0.25) is 0 Å². The fourth-order valence-electron chi connectivity index (χ4n) is 7.03. The van der Waals surface area contributed by atoms with E-state index in [1.165, 1.54) is 52.7 Å². The molecule has 49 heavy (non-hydrogen) atoms. The van der Waals surface area contributed by atoms with E-state index in [1.54, 1.807) is 0 Å². The number of fused-ring (bicyclic) bond motifs is 7. The number of hydrogen-bond donors (Lipinski definition) is 0. The van der Waals surface area contributed by atoms with E-state index in [2.05, 4.69) is 146 Å². The van der Waals surface area contributed by atoms with Crippen molar-refractivity contribution in [3.8, 4) is 45.3 Å². The number of benzene rings is 8. The second kappa shape index (κ2) is 11.2. The van der Waals surface area contributed by atoms with Gasteiger partial charge in [-0.05, 0) is 67.7 Å². The zero-order chi connectivity index (χ0) is 32.3. The molecular weight excluding hydrogens is 615 g/mol. The lowest BCUT2D eigenvalue weighted by Gasteiger charge is -2.12. The van der Waals surface area contributed by atoms with Crippen LogP contribution in [0.2, 0.25) is 0 Å². The van der Waals surface area contributed by atoms with Gasteiger partial charge in [0.15, 0.2) is 17.5 Å². The molecule has 0 saturated heterocycles. The van der Waals surface area contributed by atoms with Gasteiger partial charge in [0.25, 0.3) is 0 Å². The molecule has 8 aromatic carbocycles. The Morgan fingerprint density at radius 3 is 1.63 bits per heavy atom. The quantitative estimate of drug-likeness (QED) is 0.192. The fraction of sp³-hybridized carbons (Fsp3) is 0. The molecule has 0 N–H and O–H groups in total. The Morgan fingerprint density at radius 1 is 0.327 bits per heavy atom. The van der Waals surface area contributed by atoms with Crippen molar-refractivity contribution in [3.05, 3.63) is 164 Å². The summed E-state index contributed by atoms with van der Waals surface area (Å²) in [6, 6.07) is 58.0. The summed E-state index contributed by atoms with van der Waals surface area (Å²) in [6.07, 6.45) is 0. The van der Waals surface area contributed by atoms with E-state index in [0.29, 0.717) is 17.5 Å². The predicted molar refractivity (Wildman–Crippen MR) is 207 cm³/mol. The van der Waals surface area contributed by atoms with Gasteiger partial charge in [0, 0.05) is 36.9 Å². The van der Waals surface area contributed by atoms with Gasteiger partial charge in [0.1, 0.15) is 0 Å². The molecule has 0 saturated carbocycles. The summed E-state index contributed by atoms with van der Waals surface area (Å²) in [5.74, 6) is 1.98. The summed E-state index contributed by atoms with van der Waals surface area (Å²) in [5, 5.41) is 9.89. The molecular formula is C45H27N3S. The minimum absolute atomic E-state index is 0.653. The zero-order valence-electron chi connectivity index (χ0n) is 26.3. The lowest BCUT2D eigenvalue weighted by molar-refractivity contribution is 1.08. The van der Waals surface area contributed by atoms with Crippen LogP contribution in [0.3, 0.4) is 0 Å². The van der Waals surface area contributed by atoms with E-state index in [-0.39, 0.29) is 0 Å². The molecule has 3 nitrogen and oxygen atoms in total. The van der Waals surface area contributed by atoms with Crippen molar-refractivity contribution < 1.29 is 0 Å². The molecule has 0 aliphatic rings. The van der Waals surface area contributed by atoms with Crippen molar-refractivity contribution in [3.63, 3.8) is 0 Å². The Morgan fingerprint density at radius 2 is 0.878 bits per heavy atom. The molecule has 228 valence electrons. The summed E-state index contributed by atoms with van der Waals surface area (Å²) < 4.78 is 2.51. The second-order valence-corrected chi connectivity index (χ2v) is 13.5. The van der Waals surface area contributed by atoms with Crippen molar-refractivity contribution >= 4 is 63.8 Å². The van der Waals surface area contributed by atoms with Crippen LogP contribution >= 0.6 is 11.3 Å². The normalized spacial score (nSPS) is 11.7. The maximum Gasteiger partial charge on any atom is 0.164 e. The molecule has 2 aromatic heterocycles. The molecule has 4 heteroatoms. The predicted octanol–water partition coefficient (Wildman–Crippen LogP) is 12.4. The third-order valence-corrected chi connectivity index (χ3v) is 10.6. The molecule has 0 bridgehead atoms. The molecule has 10 aromatic rings. The van der Waals surface area contributed by atoms with Gasteiger partial charge < -0.3 is 0 Å². The van der Waals surface area contributed by atoms with Crippen LogP contribution in [0, 0.1) is 0 Å². The first-order valence-corrected chi connectivity index (χ1v) is 17.3. The Hall–Kier alpha value is -6.23. The molecule has 2 heterocycles. The molecule has 0 radical (unpaired) electrons. The Balaban J connectivity index is 1.16. The monoisotopic (exact) mass is 641 g/mol. The minimum Gasteiger partial charge on any atom is -0.208 e. The third kappa shape index (κ3) is 4.76. The molecule has 10 rings (SSSR count). The standard InChI is InChI=1S/C45H27N3S/c1-2-11-30(12-3-1)43-46-44(31-21-18-29(19-22-31)35-23-20-28-10-4-5-13-32(28)24-35)48-45(47-43)38-27-41-42(37-17-9-8-16-36(37)38)39-25-33-14-6-7-15-34(33)26-40(39)49-41/h1-27H. The lowest BCUT2D eigenvalue weighted by atomic mass is 9.97. The van der Waals surface area contributed by atoms with Gasteiger partial charge in [-0.2, -0.15) is 0 Å². The van der Waals surface area contributed by atoms with E-state index in [0.717, 1.165) is 27.6 Å². The van der Waals surface area contributed by atoms with Crippen LogP contribution in [0.15, 0.2) is 164 Å². The molecule has 0 aliphatic carbocycles. The molecule has 0 spiro atoms. The van der Waals surface area contributed by atoms with Gasteiger partial charge in [-0.25, -0.2) is 15.0 Å². The first kappa shape index (κ1) is 27.8. The largest absolute Gasteiger partial charge is 0.208 e. The summed E-state index contributed by atoms with van der Waals surface area (Å²) in [5.41, 5.74) is 5.25. The molecule has 0 amide bonds. The van der Waals surface area contributed by atoms with E-state index in [9.17, 15) is 0 Å². The Bertz CT molecular complexity index is 2870. The van der Waals surface area contributed by atoms with Crippen molar-refractivity contribution in [1.29, 1.82) is 0 Å². The maximum atomic E-state index is 5.18. The first-order valence-electron chi connectivity index (χ1n) is 16.4. The van der Waals surface area contributed by atoms with Gasteiger partial charge in [-0.1, -0.05) is 140 Å². The highest BCUT2D eigenvalue weighted by molar-refractivity contribution is 7.26. The fourth-order valence-corrected chi connectivity index (χ4v) is 8.23. The Kier molecular flexibility index (Phi) is 6.36. The van der Waals surface area contributed by atoms with Crippen LogP contribution < -0.4 is 0 Å². The lowest BCUT2D eigenvalue weighted by Crippen LogP contribution is -2.00. The third-order valence-electron chi connectivity index (χ3n) is 9.48. The number of aromatic nitrogens is 3. The average Bonchev–Trinajstić information content (AvgIpc) is 3.54. The van der Waals surface area contributed by atoms with Gasteiger partial charge >= 0.3 is 0 Å². The number of nitrogens with zero attached hydrogens (tertiary/aromatic N) is 3. The summed E-state index contributed by atoms with van der Waals surface area (Å²) in [7, 11) is 0. The summed E-state index contributed by atoms with van der Waals surface area (Å²) >= 11 is 1.83.